The fraction of sp³-hybridized carbons (Fsp3) is 0.414. The maximum atomic E-state index is 14.1. The number of hydrogen-bond donors (Lipinski definition) is 1. The zero-order valence-corrected chi connectivity index (χ0v) is 23.6. The molecule has 2 amide bonds. The van der Waals surface area contributed by atoms with E-state index in [1.54, 1.807) is 31.3 Å². The van der Waals surface area contributed by atoms with Crippen molar-refractivity contribution in [2.45, 2.75) is 23.3 Å². The van der Waals surface area contributed by atoms with E-state index in [1.807, 2.05) is 0 Å². The van der Waals surface area contributed by atoms with Crippen LogP contribution in [-0.4, -0.2) is 105 Å². The van der Waals surface area contributed by atoms with Crippen molar-refractivity contribution >= 4 is 39.1 Å². The summed E-state index contributed by atoms with van der Waals surface area (Å²) >= 11 is 0. The molecule has 2 aromatic rings. The van der Waals surface area contributed by atoms with Crippen LogP contribution in [0.15, 0.2) is 59.0 Å². The SMILES string of the molecule is CN1C(=O)[C@]2(C(=C(O)c3ccc(S(=O)(=O)N4CCCC4)cc3)C(=O)C(=O)N2CCN2CCOCC2)c2ccccc21. The van der Waals surface area contributed by atoms with Gasteiger partial charge in [0.05, 0.1) is 23.7 Å². The van der Waals surface area contributed by atoms with Gasteiger partial charge in [0.15, 0.2) is 5.54 Å². The van der Waals surface area contributed by atoms with Gasteiger partial charge in [-0.1, -0.05) is 18.2 Å². The fourth-order valence-electron chi connectivity index (χ4n) is 6.34. The van der Waals surface area contributed by atoms with Gasteiger partial charge in [-0.15, -0.1) is 0 Å². The number of carbonyl (C=O) groups excluding carboxylic acids is 3. The molecule has 0 aromatic heterocycles. The Morgan fingerprint density at radius 1 is 0.927 bits per heavy atom. The lowest BCUT2D eigenvalue weighted by Crippen LogP contribution is -2.53. The number of amides is 2. The third kappa shape index (κ3) is 4.19. The van der Waals surface area contributed by atoms with Crippen LogP contribution in [0.2, 0.25) is 0 Å². The highest BCUT2D eigenvalue weighted by Gasteiger charge is 2.66. The molecule has 1 N–H and O–H groups in total. The standard InChI is InChI=1S/C29H32N4O7S/c1-30-23-7-3-2-6-22(23)29(28(30)37)24(26(35)27(36)33(29)15-14-31-16-18-40-19-17-31)25(34)20-8-10-21(11-9-20)41(38,39)32-12-4-5-13-32/h2-3,6-11,34H,4-5,12-19H2,1H3/t29-/m1/s1. The van der Waals surface area contributed by atoms with Gasteiger partial charge in [-0.2, -0.15) is 4.31 Å². The second-order valence-electron chi connectivity index (χ2n) is 10.7. The van der Waals surface area contributed by atoms with E-state index in [0.717, 1.165) is 12.8 Å². The summed E-state index contributed by atoms with van der Waals surface area (Å²) in [6.45, 7) is 3.84. The molecule has 6 rings (SSSR count). The molecule has 4 aliphatic rings. The van der Waals surface area contributed by atoms with Crippen LogP contribution in [0.1, 0.15) is 24.0 Å². The number of aliphatic hydroxyl groups is 1. The predicted octanol–water partition coefficient (Wildman–Crippen LogP) is 1.36. The summed E-state index contributed by atoms with van der Waals surface area (Å²) in [4.78, 5) is 46.3. The van der Waals surface area contributed by atoms with Crippen molar-refractivity contribution in [3.05, 3.63) is 65.2 Å². The molecule has 4 heterocycles. The van der Waals surface area contributed by atoms with Crippen molar-refractivity contribution in [3.63, 3.8) is 0 Å². The van der Waals surface area contributed by atoms with Crippen LogP contribution in [0.3, 0.4) is 0 Å². The molecule has 0 radical (unpaired) electrons. The maximum Gasteiger partial charge on any atom is 0.296 e. The summed E-state index contributed by atoms with van der Waals surface area (Å²) in [5, 5.41) is 11.6. The summed E-state index contributed by atoms with van der Waals surface area (Å²) in [6.07, 6.45) is 1.60. The number of ether oxygens (including phenoxy) is 1. The summed E-state index contributed by atoms with van der Waals surface area (Å²) in [5.74, 6) is -2.88. The lowest BCUT2D eigenvalue weighted by atomic mass is 9.82. The topological polar surface area (TPSA) is 128 Å². The van der Waals surface area contributed by atoms with E-state index in [2.05, 4.69) is 4.90 Å². The Balaban J connectivity index is 1.45. The van der Waals surface area contributed by atoms with Crippen LogP contribution in [0.5, 0.6) is 0 Å². The summed E-state index contributed by atoms with van der Waals surface area (Å²) < 4.78 is 32.9. The van der Waals surface area contributed by atoms with E-state index in [1.165, 1.54) is 38.4 Å². The van der Waals surface area contributed by atoms with Crippen molar-refractivity contribution < 1.29 is 32.6 Å². The Morgan fingerprint density at radius 2 is 1.59 bits per heavy atom. The van der Waals surface area contributed by atoms with Gasteiger partial charge < -0.3 is 19.6 Å². The molecule has 3 fully saturated rings. The second kappa shape index (κ2) is 10.4. The average molecular weight is 581 g/mol. The highest BCUT2D eigenvalue weighted by atomic mass is 32.2. The number of rotatable bonds is 6. The molecular formula is C29H32N4O7S. The van der Waals surface area contributed by atoms with Crippen molar-refractivity contribution in [1.29, 1.82) is 0 Å². The Labute approximate surface area is 238 Å². The number of likely N-dealkylation sites (tertiary alicyclic amines) is 1. The number of sulfonamides is 1. The van der Waals surface area contributed by atoms with Gasteiger partial charge >= 0.3 is 0 Å². The number of morpholine rings is 1. The van der Waals surface area contributed by atoms with Gasteiger partial charge in [0.2, 0.25) is 10.0 Å². The first-order valence-corrected chi connectivity index (χ1v) is 15.2. The van der Waals surface area contributed by atoms with E-state index in [4.69, 9.17) is 4.74 Å². The Morgan fingerprint density at radius 3 is 2.27 bits per heavy atom. The lowest BCUT2D eigenvalue weighted by molar-refractivity contribution is -0.144. The molecule has 1 atom stereocenters. The summed E-state index contributed by atoms with van der Waals surface area (Å²) in [7, 11) is -2.11. The molecule has 41 heavy (non-hydrogen) atoms. The van der Waals surface area contributed by atoms with Crippen molar-refractivity contribution in [2.75, 3.05) is 64.4 Å². The number of para-hydroxylation sites is 1. The highest BCUT2D eigenvalue weighted by molar-refractivity contribution is 7.89. The molecule has 216 valence electrons. The minimum absolute atomic E-state index is 0.0682. The molecule has 11 nitrogen and oxygen atoms in total. The lowest BCUT2D eigenvalue weighted by Gasteiger charge is -2.36. The first-order chi connectivity index (χ1) is 19.7. The maximum absolute atomic E-state index is 14.1. The molecular weight excluding hydrogens is 548 g/mol. The molecule has 1 spiro atoms. The minimum Gasteiger partial charge on any atom is -0.507 e. The monoisotopic (exact) mass is 580 g/mol. The van der Waals surface area contributed by atoms with E-state index in [0.29, 0.717) is 57.2 Å². The first kappa shape index (κ1) is 27.6. The van der Waals surface area contributed by atoms with Crippen LogP contribution < -0.4 is 4.90 Å². The van der Waals surface area contributed by atoms with Gasteiger partial charge in [0.25, 0.3) is 17.6 Å². The van der Waals surface area contributed by atoms with Crippen LogP contribution in [0.4, 0.5) is 5.69 Å². The van der Waals surface area contributed by atoms with Crippen LogP contribution >= 0.6 is 0 Å². The van der Waals surface area contributed by atoms with Gasteiger partial charge in [-0.3, -0.25) is 19.3 Å². The molecule has 3 saturated heterocycles. The van der Waals surface area contributed by atoms with E-state index in [-0.39, 0.29) is 22.6 Å². The number of benzene rings is 2. The molecule has 2 aromatic carbocycles. The van der Waals surface area contributed by atoms with Crippen LogP contribution in [-0.2, 0) is 34.7 Å². The van der Waals surface area contributed by atoms with E-state index >= 15 is 0 Å². The zero-order valence-electron chi connectivity index (χ0n) is 22.8. The number of carbonyl (C=O) groups is 3. The van der Waals surface area contributed by atoms with E-state index < -0.39 is 38.9 Å². The average Bonchev–Trinajstić information content (AvgIpc) is 3.67. The van der Waals surface area contributed by atoms with Gasteiger partial charge in [-0.05, 0) is 43.2 Å². The third-order valence-electron chi connectivity index (χ3n) is 8.51. The number of ketones is 1. The number of anilines is 1. The number of hydrogen-bond acceptors (Lipinski definition) is 8. The second-order valence-corrected chi connectivity index (χ2v) is 12.6. The smallest absolute Gasteiger partial charge is 0.296 e. The molecule has 0 unspecified atom stereocenters. The Kier molecular flexibility index (Phi) is 6.97. The Hall–Kier alpha value is -3.58. The van der Waals surface area contributed by atoms with Gasteiger partial charge in [0.1, 0.15) is 5.76 Å². The van der Waals surface area contributed by atoms with Crippen LogP contribution in [0.25, 0.3) is 5.76 Å². The summed E-state index contributed by atoms with van der Waals surface area (Å²) in [5.41, 5.74) is -1.06. The fourth-order valence-corrected chi connectivity index (χ4v) is 7.86. The number of fused-ring (bicyclic) bond motifs is 2. The minimum atomic E-state index is -3.69. The Bertz CT molecular complexity index is 1540. The quantitative estimate of drug-likeness (QED) is 0.308. The number of nitrogens with zero attached hydrogens (tertiary/aromatic N) is 4. The molecule has 4 aliphatic heterocycles. The van der Waals surface area contributed by atoms with Crippen molar-refractivity contribution in [2.24, 2.45) is 0 Å². The number of aliphatic hydroxyl groups excluding tert-OH is 1. The van der Waals surface area contributed by atoms with Crippen LogP contribution in [0, 0.1) is 0 Å². The molecule has 12 heteroatoms. The molecule has 0 saturated carbocycles. The number of likely N-dealkylation sites (N-methyl/N-ethyl adjacent to an activating group) is 1. The van der Waals surface area contributed by atoms with Gasteiger partial charge in [-0.25, -0.2) is 8.42 Å². The van der Waals surface area contributed by atoms with Crippen molar-refractivity contribution in [1.82, 2.24) is 14.1 Å². The third-order valence-corrected chi connectivity index (χ3v) is 10.4. The highest BCUT2D eigenvalue weighted by Crippen LogP contribution is 2.53. The van der Waals surface area contributed by atoms with Crippen molar-refractivity contribution in [3.8, 4) is 0 Å². The molecule has 0 aliphatic carbocycles. The summed E-state index contributed by atoms with van der Waals surface area (Å²) in [6, 6.07) is 12.5. The van der Waals surface area contributed by atoms with E-state index in [9.17, 15) is 27.9 Å². The van der Waals surface area contributed by atoms with Gasteiger partial charge in [0, 0.05) is 63.1 Å². The molecule has 0 bridgehead atoms. The number of Topliss-reactive ketones (excluding diaryl/α,β-unsaturated/α-hetero) is 1. The first-order valence-electron chi connectivity index (χ1n) is 13.8. The zero-order chi connectivity index (χ0) is 28.9. The normalized spacial score (nSPS) is 25.0. The largest absolute Gasteiger partial charge is 0.507 e. The predicted molar refractivity (Wildman–Crippen MR) is 149 cm³/mol.